The maximum absolute atomic E-state index is 12.5. The van der Waals surface area contributed by atoms with Crippen LogP contribution in [0.25, 0.3) is 10.9 Å². The number of carbonyl (C=O) groups is 1. The summed E-state index contributed by atoms with van der Waals surface area (Å²) in [6.45, 7) is 10.2. The van der Waals surface area contributed by atoms with Gasteiger partial charge in [0.1, 0.15) is 0 Å². The first-order chi connectivity index (χ1) is 12.1. The molecule has 0 aliphatic heterocycles. The summed E-state index contributed by atoms with van der Waals surface area (Å²) < 4.78 is 0. The van der Waals surface area contributed by atoms with Crippen LogP contribution in [0.4, 0.5) is 5.69 Å². The van der Waals surface area contributed by atoms with Gasteiger partial charge in [-0.25, -0.2) is 0 Å². The van der Waals surface area contributed by atoms with E-state index < -0.39 is 0 Å². The summed E-state index contributed by atoms with van der Waals surface area (Å²) in [4.78, 5) is 27.4. The van der Waals surface area contributed by atoms with E-state index in [0.717, 1.165) is 27.6 Å². The van der Waals surface area contributed by atoms with Crippen molar-refractivity contribution in [3.8, 4) is 0 Å². The Morgan fingerprint density at radius 2 is 1.69 bits per heavy atom. The fraction of sp³-hybridized carbons (Fsp3) is 0.273. The van der Waals surface area contributed by atoms with E-state index in [4.69, 9.17) is 0 Å². The minimum Gasteiger partial charge on any atom is -0.322 e. The average Bonchev–Trinajstić information content (AvgIpc) is 2.55. The molecule has 26 heavy (non-hydrogen) atoms. The zero-order valence-corrected chi connectivity index (χ0v) is 15.9. The molecule has 0 aliphatic rings. The second kappa shape index (κ2) is 6.45. The molecule has 0 unspecified atom stereocenters. The highest BCUT2D eigenvalue weighted by Crippen LogP contribution is 2.29. The molecule has 0 aliphatic carbocycles. The number of fused-ring (bicyclic) bond motifs is 1. The number of pyridine rings is 1. The van der Waals surface area contributed by atoms with E-state index >= 15 is 0 Å². The van der Waals surface area contributed by atoms with Crippen molar-refractivity contribution in [2.75, 3.05) is 5.32 Å². The van der Waals surface area contributed by atoms with Gasteiger partial charge in [0.05, 0.1) is 5.52 Å². The minimum atomic E-state index is -0.165. The summed E-state index contributed by atoms with van der Waals surface area (Å²) in [6, 6.07) is 12.9. The van der Waals surface area contributed by atoms with Gasteiger partial charge in [0.2, 0.25) is 5.56 Å². The number of hydrogen-bond acceptors (Lipinski definition) is 2. The second-order valence-electron chi connectivity index (χ2n) is 7.81. The van der Waals surface area contributed by atoms with Crippen molar-refractivity contribution >= 4 is 22.5 Å². The van der Waals surface area contributed by atoms with Crippen molar-refractivity contribution < 1.29 is 4.79 Å². The van der Waals surface area contributed by atoms with Gasteiger partial charge in [0.15, 0.2) is 0 Å². The molecule has 4 nitrogen and oxygen atoms in total. The Hall–Kier alpha value is -2.88. The number of rotatable bonds is 2. The Labute approximate surface area is 153 Å². The summed E-state index contributed by atoms with van der Waals surface area (Å²) >= 11 is 0. The molecule has 3 rings (SSSR count). The average molecular weight is 348 g/mol. The fourth-order valence-corrected chi connectivity index (χ4v) is 3.04. The first kappa shape index (κ1) is 17.9. The number of aromatic nitrogens is 1. The van der Waals surface area contributed by atoms with Crippen LogP contribution in [0.1, 0.15) is 47.8 Å². The smallest absolute Gasteiger partial charge is 0.255 e. The Bertz CT molecular complexity index is 1060. The van der Waals surface area contributed by atoms with Crippen molar-refractivity contribution in [3.63, 3.8) is 0 Å². The summed E-state index contributed by atoms with van der Waals surface area (Å²) in [7, 11) is 0. The Morgan fingerprint density at radius 3 is 2.35 bits per heavy atom. The molecule has 0 radical (unpaired) electrons. The largest absolute Gasteiger partial charge is 0.322 e. The number of aromatic amines is 1. The number of nitrogens with one attached hydrogen (secondary N) is 2. The third kappa shape index (κ3) is 3.54. The number of hydrogen-bond donors (Lipinski definition) is 2. The van der Waals surface area contributed by atoms with Gasteiger partial charge in [-0.05, 0) is 60.2 Å². The van der Waals surface area contributed by atoms with Gasteiger partial charge in [-0.3, -0.25) is 9.59 Å². The zero-order valence-electron chi connectivity index (χ0n) is 15.9. The van der Waals surface area contributed by atoms with E-state index in [9.17, 15) is 9.59 Å². The molecule has 2 N–H and O–H groups in total. The third-order valence-corrected chi connectivity index (χ3v) is 4.68. The molecule has 0 atom stereocenters. The normalized spacial score (nSPS) is 11.6. The number of H-pyrrole nitrogens is 1. The highest BCUT2D eigenvalue weighted by atomic mass is 16.1. The number of benzene rings is 2. The standard InChI is InChI=1S/C22H24N2O2/c1-13-6-7-15(10-14(13)2)21(26)23-16-8-9-17-18(22(3,4)5)12-20(25)24-19(17)11-16/h6-12H,1-5H3,(H,23,26)(H,24,25). The van der Waals surface area contributed by atoms with Crippen LogP contribution in [-0.4, -0.2) is 10.9 Å². The zero-order chi connectivity index (χ0) is 19.1. The molecular weight excluding hydrogens is 324 g/mol. The van der Waals surface area contributed by atoms with Crippen molar-refractivity contribution in [2.24, 2.45) is 0 Å². The number of carbonyl (C=O) groups excluding carboxylic acids is 1. The quantitative estimate of drug-likeness (QED) is 0.705. The molecule has 0 bridgehead atoms. The predicted molar refractivity (Wildman–Crippen MR) is 107 cm³/mol. The monoisotopic (exact) mass is 348 g/mol. The maximum atomic E-state index is 12.5. The summed E-state index contributed by atoms with van der Waals surface area (Å²) in [5.41, 5.74) is 4.93. The van der Waals surface area contributed by atoms with Crippen LogP contribution in [0.15, 0.2) is 47.3 Å². The lowest BCUT2D eigenvalue weighted by Crippen LogP contribution is -2.17. The van der Waals surface area contributed by atoms with Gasteiger partial charge in [-0.1, -0.05) is 32.9 Å². The van der Waals surface area contributed by atoms with Crippen LogP contribution in [0.2, 0.25) is 0 Å². The molecule has 1 heterocycles. The van der Waals surface area contributed by atoms with E-state index in [-0.39, 0.29) is 16.9 Å². The van der Waals surface area contributed by atoms with Crippen molar-refractivity contribution in [2.45, 2.75) is 40.0 Å². The number of amides is 1. The molecule has 2 aromatic carbocycles. The van der Waals surface area contributed by atoms with Gasteiger partial charge in [-0.2, -0.15) is 0 Å². The molecule has 134 valence electrons. The van der Waals surface area contributed by atoms with Crippen LogP contribution < -0.4 is 10.9 Å². The van der Waals surface area contributed by atoms with Gasteiger partial charge >= 0.3 is 0 Å². The lowest BCUT2D eigenvalue weighted by molar-refractivity contribution is 0.102. The van der Waals surface area contributed by atoms with Crippen LogP contribution >= 0.6 is 0 Å². The van der Waals surface area contributed by atoms with E-state index in [1.807, 2.05) is 50.2 Å². The molecule has 1 aromatic heterocycles. The Kier molecular flexibility index (Phi) is 4.45. The molecule has 0 saturated heterocycles. The Morgan fingerprint density at radius 1 is 0.962 bits per heavy atom. The van der Waals surface area contributed by atoms with Crippen LogP contribution in [-0.2, 0) is 5.41 Å². The van der Waals surface area contributed by atoms with Crippen molar-refractivity contribution in [1.82, 2.24) is 4.98 Å². The lowest BCUT2D eigenvalue weighted by Gasteiger charge is -2.21. The van der Waals surface area contributed by atoms with Crippen LogP contribution in [0.3, 0.4) is 0 Å². The van der Waals surface area contributed by atoms with Gasteiger partial charge < -0.3 is 10.3 Å². The van der Waals surface area contributed by atoms with Crippen molar-refractivity contribution in [1.29, 1.82) is 0 Å². The molecule has 0 fully saturated rings. The molecule has 1 amide bonds. The van der Waals surface area contributed by atoms with Gasteiger partial charge in [0, 0.05) is 22.7 Å². The lowest BCUT2D eigenvalue weighted by atomic mass is 9.85. The van der Waals surface area contributed by atoms with E-state index in [1.165, 1.54) is 0 Å². The molecule has 0 saturated carbocycles. The maximum Gasteiger partial charge on any atom is 0.255 e. The molecular formula is C22H24N2O2. The van der Waals surface area contributed by atoms with Crippen LogP contribution in [0, 0.1) is 13.8 Å². The molecule has 4 heteroatoms. The highest BCUT2D eigenvalue weighted by molar-refractivity contribution is 6.05. The van der Waals surface area contributed by atoms with Crippen molar-refractivity contribution in [3.05, 3.63) is 75.1 Å². The van der Waals surface area contributed by atoms with E-state index in [0.29, 0.717) is 11.3 Å². The summed E-state index contributed by atoms with van der Waals surface area (Å²) in [5.74, 6) is -0.165. The SMILES string of the molecule is Cc1ccc(C(=O)Nc2ccc3c(C(C)(C)C)cc(=O)[nH]c3c2)cc1C. The predicted octanol–water partition coefficient (Wildman–Crippen LogP) is 4.69. The molecule has 0 spiro atoms. The fourth-order valence-electron chi connectivity index (χ4n) is 3.04. The molecule has 3 aromatic rings. The summed E-state index contributed by atoms with van der Waals surface area (Å²) in [5, 5.41) is 3.90. The van der Waals surface area contributed by atoms with Gasteiger partial charge in [0.25, 0.3) is 5.91 Å². The van der Waals surface area contributed by atoms with E-state index in [1.54, 1.807) is 6.07 Å². The number of aryl methyl sites for hydroxylation is 2. The number of anilines is 1. The highest BCUT2D eigenvalue weighted by Gasteiger charge is 2.18. The first-order valence-corrected chi connectivity index (χ1v) is 8.71. The van der Waals surface area contributed by atoms with Gasteiger partial charge in [-0.15, -0.1) is 0 Å². The van der Waals surface area contributed by atoms with E-state index in [2.05, 4.69) is 31.1 Å². The minimum absolute atomic E-state index is 0.139. The van der Waals surface area contributed by atoms with Crippen LogP contribution in [0.5, 0.6) is 0 Å². The third-order valence-electron chi connectivity index (χ3n) is 4.68. The topological polar surface area (TPSA) is 62.0 Å². The Balaban J connectivity index is 1.98. The first-order valence-electron chi connectivity index (χ1n) is 8.71. The second-order valence-corrected chi connectivity index (χ2v) is 7.81. The summed E-state index contributed by atoms with van der Waals surface area (Å²) in [6.07, 6.45) is 0.